The lowest BCUT2D eigenvalue weighted by molar-refractivity contribution is -0.385. The molecule has 1 atom stereocenters. The number of hydrogen-bond donors (Lipinski definition) is 1. The Kier molecular flexibility index (Phi) is 10.1. The van der Waals surface area contributed by atoms with Gasteiger partial charge in [0.05, 0.1) is 23.7 Å². The molecule has 0 aliphatic carbocycles. The molecule has 0 saturated heterocycles. The van der Waals surface area contributed by atoms with E-state index in [9.17, 15) is 24.8 Å². The van der Waals surface area contributed by atoms with Gasteiger partial charge in [-0.1, -0.05) is 73.9 Å². The van der Waals surface area contributed by atoms with Crippen LogP contribution in [0.25, 0.3) is 11.1 Å². The largest absolute Gasteiger partial charge is 0.456 e. The van der Waals surface area contributed by atoms with Crippen molar-refractivity contribution >= 4 is 23.3 Å². The summed E-state index contributed by atoms with van der Waals surface area (Å²) in [6.45, 7) is 3.76. The summed E-state index contributed by atoms with van der Waals surface area (Å²) in [6.07, 6.45) is -0.350. The highest BCUT2D eigenvalue weighted by atomic mass is 16.7. The molecule has 3 aromatic rings. The summed E-state index contributed by atoms with van der Waals surface area (Å²) in [7, 11) is 0. The number of amides is 1. The van der Waals surface area contributed by atoms with Crippen LogP contribution in [0, 0.1) is 22.0 Å². The molecule has 0 heterocycles. The first-order valence-corrected chi connectivity index (χ1v) is 12.1. The fraction of sp³-hybridized carbons (Fsp3) is 0.241. The van der Waals surface area contributed by atoms with Crippen molar-refractivity contribution in [1.82, 2.24) is 0 Å². The molecule has 0 radical (unpaired) electrons. The molecule has 38 heavy (non-hydrogen) atoms. The summed E-state index contributed by atoms with van der Waals surface area (Å²) in [5.74, 6) is 2.94. The van der Waals surface area contributed by atoms with E-state index in [0.29, 0.717) is 17.5 Å². The monoisotopic (exact) mass is 516 g/mol. The third-order valence-corrected chi connectivity index (χ3v) is 5.46. The van der Waals surface area contributed by atoms with Crippen molar-refractivity contribution in [3.05, 3.63) is 94.0 Å². The maximum atomic E-state index is 13.7. The second kappa shape index (κ2) is 13.7. The number of nitrogens with zero attached hydrogens (tertiary/aromatic N) is 2. The number of hydrogen-bond acceptors (Lipinski definition) is 7. The standard InChI is InChI=1S/C29H28N2O7/c1-3-5-20-38-30(29(34)22-14-10-7-11-15-22)27-23(21-12-8-6-9-13-21)16-17-24(28(27)31(35)36)25(32)18-19-26(33)37-4-2/h6-17,25,32H,3-5,20H2,1-2H3. The first-order chi connectivity index (χ1) is 18.4. The van der Waals surface area contributed by atoms with E-state index < -0.39 is 28.6 Å². The van der Waals surface area contributed by atoms with Crippen LogP contribution < -0.4 is 5.06 Å². The Morgan fingerprint density at radius 3 is 2.29 bits per heavy atom. The highest BCUT2D eigenvalue weighted by molar-refractivity contribution is 6.08. The van der Waals surface area contributed by atoms with Crippen molar-refractivity contribution in [3.8, 4) is 23.0 Å². The fourth-order valence-corrected chi connectivity index (χ4v) is 3.66. The lowest BCUT2D eigenvalue weighted by Crippen LogP contribution is -2.33. The highest BCUT2D eigenvalue weighted by Gasteiger charge is 2.34. The molecule has 9 nitrogen and oxygen atoms in total. The number of nitro benzene ring substituents is 1. The Morgan fingerprint density at radius 1 is 1.03 bits per heavy atom. The number of unbranched alkanes of at least 4 members (excludes halogenated alkanes) is 1. The van der Waals surface area contributed by atoms with Crippen LogP contribution in [0.2, 0.25) is 0 Å². The number of carbonyl (C=O) groups excluding carboxylic acids is 2. The Morgan fingerprint density at radius 2 is 1.68 bits per heavy atom. The van der Waals surface area contributed by atoms with Gasteiger partial charge in [0.25, 0.3) is 5.91 Å². The van der Waals surface area contributed by atoms with E-state index in [1.165, 1.54) is 6.07 Å². The summed E-state index contributed by atoms with van der Waals surface area (Å²) >= 11 is 0. The molecule has 3 aromatic carbocycles. The zero-order chi connectivity index (χ0) is 27.5. The number of aliphatic hydroxyl groups excluding tert-OH is 1. The summed E-state index contributed by atoms with van der Waals surface area (Å²) in [4.78, 5) is 43.1. The third-order valence-electron chi connectivity index (χ3n) is 5.46. The van der Waals surface area contributed by atoms with Gasteiger partial charge in [-0.25, -0.2) is 4.79 Å². The predicted octanol–water partition coefficient (Wildman–Crippen LogP) is 5.24. The lowest BCUT2D eigenvalue weighted by Gasteiger charge is -2.25. The minimum absolute atomic E-state index is 0.0886. The molecule has 0 fully saturated rings. The molecular formula is C29H28N2O7. The van der Waals surface area contributed by atoms with Crippen LogP contribution in [0.4, 0.5) is 11.4 Å². The van der Waals surface area contributed by atoms with Crippen LogP contribution in [0.3, 0.4) is 0 Å². The number of nitro groups is 1. The average Bonchev–Trinajstić information content (AvgIpc) is 2.94. The Hall–Kier alpha value is -4.52. The molecule has 0 spiro atoms. The number of esters is 1. The molecule has 0 bridgehead atoms. The minimum Gasteiger partial charge on any atom is -0.456 e. The Labute approximate surface area is 220 Å². The molecular weight excluding hydrogens is 488 g/mol. The third kappa shape index (κ3) is 6.82. The van der Waals surface area contributed by atoms with Crippen LogP contribution in [0.15, 0.2) is 72.8 Å². The minimum atomic E-state index is -1.72. The van der Waals surface area contributed by atoms with E-state index in [4.69, 9.17) is 9.57 Å². The van der Waals surface area contributed by atoms with Crippen molar-refractivity contribution in [3.63, 3.8) is 0 Å². The van der Waals surface area contributed by atoms with E-state index >= 15 is 0 Å². The molecule has 0 aliphatic heterocycles. The first-order valence-electron chi connectivity index (χ1n) is 12.1. The first kappa shape index (κ1) is 28.1. The summed E-state index contributed by atoms with van der Waals surface area (Å²) in [5, 5.41) is 24.2. The Balaban J connectivity index is 2.29. The molecule has 9 heteroatoms. The highest BCUT2D eigenvalue weighted by Crippen LogP contribution is 2.43. The molecule has 1 N–H and O–H groups in total. The smallest absolute Gasteiger partial charge is 0.384 e. The molecule has 1 unspecified atom stereocenters. The zero-order valence-corrected chi connectivity index (χ0v) is 21.1. The topological polar surface area (TPSA) is 119 Å². The number of ether oxygens (including phenoxy) is 1. The summed E-state index contributed by atoms with van der Waals surface area (Å²) < 4.78 is 4.75. The van der Waals surface area contributed by atoms with Crippen LogP contribution in [0.5, 0.6) is 0 Å². The molecule has 0 aromatic heterocycles. The normalized spacial score (nSPS) is 11.1. The molecule has 0 saturated carbocycles. The number of aliphatic hydroxyl groups is 1. The SMILES string of the molecule is CCCCON(C(=O)c1ccccc1)c1c(-c2ccccc2)ccc(C(O)C#CC(=O)OCC)c1[N+](=O)[O-]. The van der Waals surface area contributed by atoms with Gasteiger partial charge in [0.1, 0.15) is 6.10 Å². The second-order valence-corrected chi connectivity index (χ2v) is 8.07. The van der Waals surface area contributed by atoms with Crippen molar-refractivity contribution in [2.45, 2.75) is 32.8 Å². The van der Waals surface area contributed by atoms with Crippen molar-refractivity contribution in [2.75, 3.05) is 18.3 Å². The van der Waals surface area contributed by atoms with Crippen LogP contribution in [-0.2, 0) is 14.4 Å². The number of hydroxylamine groups is 1. The van der Waals surface area contributed by atoms with E-state index in [1.807, 2.05) is 6.92 Å². The van der Waals surface area contributed by atoms with E-state index in [-0.39, 0.29) is 30.0 Å². The number of rotatable bonds is 10. The summed E-state index contributed by atoms with van der Waals surface area (Å²) in [6, 6.07) is 20.0. The number of carbonyl (C=O) groups is 2. The van der Waals surface area contributed by atoms with Crippen molar-refractivity contribution < 1.29 is 29.2 Å². The van der Waals surface area contributed by atoms with Gasteiger partial charge in [-0.3, -0.25) is 19.7 Å². The molecule has 1 amide bonds. The van der Waals surface area contributed by atoms with Gasteiger partial charge in [-0.15, -0.1) is 0 Å². The fourth-order valence-electron chi connectivity index (χ4n) is 3.66. The van der Waals surface area contributed by atoms with Gasteiger partial charge in [0, 0.05) is 17.0 Å². The van der Waals surface area contributed by atoms with Gasteiger partial charge in [0.15, 0.2) is 5.69 Å². The van der Waals surface area contributed by atoms with E-state index in [2.05, 4.69) is 11.8 Å². The van der Waals surface area contributed by atoms with Gasteiger partial charge in [-0.2, -0.15) is 5.06 Å². The van der Waals surface area contributed by atoms with Gasteiger partial charge in [-0.05, 0) is 37.1 Å². The predicted molar refractivity (Wildman–Crippen MR) is 142 cm³/mol. The maximum Gasteiger partial charge on any atom is 0.384 e. The number of anilines is 1. The van der Waals surface area contributed by atoms with Crippen molar-refractivity contribution in [1.29, 1.82) is 0 Å². The summed E-state index contributed by atoms with van der Waals surface area (Å²) in [5.41, 5.74) is 0.261. The van der Waals surface area contributed by atoms with E-state index in [1.54, 1.807) is 73.7 Å². The number of benzene rings is 3. The lowest BCUT2D eigenvalue weighted by atomic mass is 9.96. The van der Waals surface area contributed by atoms with Gasteiger partial charge >= 0.3 is 11.7 Å². The van der Waals surface area contributed by atoms with Crippen LogP contribution in [0.1, 0.15) is 48.7 Å². The van der Waals surface area contributed by atoms with Crippen molar-refractivity contribution in [2.24, 2.45) is 0 Å². The maximum absolute atomic E-state index is 13.7. The second-order valence-electron chi connectivity index (χ2n) is 8.07. The Bertz CT molecular complexity index is 1330. The molecule has 0 aliphatic rings. The van der Waals surface area contributed by atoms with E-state index in [0.717, 1.165) is 11.5 Å². The molecule has 196 valence electrons. The quantitative estimate of drug-likeness (QED) is 0.0977. The van der Waals surface area contributed by atoms with Crippen LogP contribution in [-0.4, -0.2) is 35.1 Å². The van der Waals surface area contributed by atoms with Gasteiger partial charge < -0.3 is 9.84 Å². The average molecular weight is 517 g/mol. The molecule has 3 rings (SSSR count). The zero-order valence-electron chi connectivity index (χ0n) is 21.1. The van der Waals surface area contributed by atoms with Gasteiger partial charge in [0.2, 0.25) is 0 Å². The van der Waals surface area contributed by atoms with Crippen LogP contribution >= 0.6 is 0 Å².